The van der Waals surface area contributed by atoms with Gasteiger partial charge in [-0.2, -0.15) is 0 Å². The van der Waals surface area contributed by atoms with Gasteiger partial charge in [0.1, 0.15) is 20.4 Å². The number of nitrogens with one attached hydrogen (secondary N) is 1. The molecule has 0 radical (unpaired) electrons. The summed E-state index contributed by atoms with van der Waals surface area (Å²) in [6.07, 6.45) is 0. The van der Waals surface area contributed by atoms with E-state index in [-0.39, 0.29) is 5.91 Å². The van der Waals surface area contributed by atoms with Gasteiger partial charge in [-0.15, -0.1) is 20.4 Å². The number of benzene rings is 4. The number of carbonyl (C=O) groups excluding carboxylic acids is 2. The van der Waals surface area contributed by atoms with Crippen LogP contribution >= 0.6 is 0 Å². The lowest BCUT2D eigenvalue weighted by molar-refractivity contribution is -0.00422. The molecule has 1 aromatic heterocycles. The maximum absolute atomic E-state index is 13.7. The summed E-state index contributed by atoms with van der Waals surface area (Å²) in [5.41, 5.74) is 5.27. The molecule has 1 amide bonds. The Kier molecular flexibility index (Phi) is 13.9. The Balaban J connectivity index is 0.825. The van der Waals surface area contributed by atoms with Crippen LogP contribution < -0.4 is 30.2 Å². The molecular formula is C46H55N7O8Si. The molecule has 2 aliphatic rings. The maximum atomic E-state index is 13.7. The number of rotatable bonds is 20. The van der Waals surface area contributed by atoms with Crippen molar-refractivity contribution < 1.29 is 38.0 Å². The monoisotopic (exact) mass is 861 g/mol. The zero-order valence-corrected chi connectivity index (χ0v) is 37.5. The van der Waals surface area contributed by atoms with E-state index in [9.17, 15) is 9.59 Å². The van der Waals surface area contributed by atoms with Crippen molar-refractivity contribution in [3.05, 3.63) is 113 Å². The molecule has 0 unspecified atom stereocenters. The number of nitrogens with zero attached hydrogens (tertiary/aromatic N) is 6. The van der Waals surface area contributed by atoms with E-state index in [0.717, 1.165) is 28.1 Å². The molecule has 1 N–H and O–H groups in total. The smallest absolute Gasteiger partial charge is 0.340 e. The molecule has 15 nitrogen and oxygen atoms in total. The van der Waals surface area contributed by atoms with E-state index in [4.69, 9.17) is 28.4 Å². The first-order chi connectivity index (χ1) is 29.9. The summed E-state index contributed by atoms with van der Waals surface area (Å²) in [6.45, 7) is 10.4. The number of hydrogen-bond donors (Lipinski definition) is 1. The number of amides is 1. The number of hydrogen-bond acceptors (Lipinski definition) is 14. The predicted octanol–water partition coefficient (Wildman–Crippen LogP) is 3.85. The van der Waals surface area contributed by atoms with Gasteiger partial charge in [0.15, 0.2) is 11.4 Å². The van der Waals surface area contributed by atoms with Crippen LogP contribution in [0.15, 0.2) is 78.9 Å². The fourth-order valence-electron chi connectivity index (χ4n) is 7.78. The van der Waals surface area contributed by atoms with E-state index in [2.05, 4.69) is 85.0 Å². The van der Waals surface area contributed by atoms with Crippen LogP contribution in [0.2, 0.25) is 13.1 Å². The van der Waals surface area contributed by atoms with Gasteiger partial charge in [-0.1, -0.05) is 25.2 Å². The molecule has 5 aromatic rings. The molecule has 4 aromatic carbocycles. The van der Waals surface area contributed by atoms with Crippen molar-refractivity contribution in [3.63, 3.8) is 0 Å². The summed E-state index contributed by atoms with van der Waals surface area (Å²) in [6, 6.07) is 25.5. The molecule has 2 aliphatic heterocycles. The second kappa shape index (κ2) is 19.5. The molecule has 16 heteroatoms. The Hall–Kier alpha value is -5.78. The first-order valence-corrected chi connectivity index (χ1v) is 23.8. The van der Waals surface area contributed by atoms with E-state index in [1.165, 1.54) is 10.4 Å². The van der Waals surface area contributed by atoms with Crippen molar-refractivity contribution in [1.82, 2.24) is 25.7 Å². The Labute approximate surface area is 363 Å². The highest BCUT2D eigenvalue weighted by Gasteiger charge is 2.56. The Morgan fingerprint density at radius 2 is 1.19 bits per heavy atom. The van der Waals surface area contributed by atoms with Crippen molar-refractivity contribution >= 4 is 41.7 Å². The van der Waals surface area contributed by atoms with Crippen molar-refractivity contribution in [3.8, 4) is 17.1 Å². The van der Waals surface area contributed by atoms with Crippen LogP contribution in [-0.2, 0) is 29.3 Å². The number of aryl methyl sites for hydroxylation is 1. The number of aromatic nitrogens is 4. The van der Waals surface area contributed by atoms with Gasteiger partial charge in [0.25, 0.3) is 5.91 Å². The molecule has 0 bridgehead atoms. The van der Waals surface area contributed by atoms with E-state index in [1.54, 1.807) is 19.1 Å². The van der Waals surface area contributed by atoms with Gasteiger partial charge in [-0.05, 0) is 84.0 Å². The van der Waals surface area contributed by atoms with E-state index >= 15 is 0 Å². The van der Waals surface area contributed by atoms with Crippen LogP contribution in [-0.4, -0.2) is 135 Å². The van der Waals surface area contributed by atoms with Crippen LogP contribution in [0, 0.1) is 6.92 Å². The topological polar surface area (TPSA) is 160 Å². The number of fused-ring (bicyclic) bond motifs is 6. The standard InChI is InChI=1S/C46H55N7O8Si/c1-31-48-50-43(51-49-31)32-8-13-36(14-9-32)60-27-26-59-25-24-58-23-22-57-21-20-56-19-18-47-44(54)33-10-15-37-40(28-33)46(61-45(37)55)38-16-11-34(52(2)3)29-41(38)62(6,7)42-30-35(53(4)5)12-17-39(42)46/h8-17,28-30H,18-27H2,1-7H3,(H,47,54). The van der Waals surface area contributed by atoms with E-state index < -0.39 is 19.6 Å². The van der Waals surface area contributed by atoms with Crippen molar-refractivity contribution in [1.29, 1.82) is 0 Å². The van der Waals surface area contributed by atoms with Gasteiger partial charge < -0.3 is 43.5 Å². The van der Waals surface area contributed by atoms with Crippen molar-refractivity contribution in [2.24, 2.45) is 0 Å². The van der Waals surface area contributed by atoms with Gasteiger partial charge in [0.05, 0.1) is 58.4 Å². The molecule has 3 heterocycles. The van der Waals surface area contributed by atoms with Gasteiger partial charge in [0, 0.05) is 73.9 Å². The number of ether oxygens (including phenoxy) is 6. The lowest BCUT2D eigenvalue weighted by Gasteiger charge is -2.44. The van der Waals surface area contributed by atoms with Crippen LogP contribution in [0.1, 0.15) is 43.2 Å². The molecule has 62 heavy (non-hydrogen) atoms. The van der Waals surface area contributed by atoms with Gasteiger partial charge >= 0.3 is 5.97 Å². The molecule has 0 atom stereocenters. The van der Waals surface area contributed by atoms with E-state index in [1.807, 2.05) is 58.5 Å². The molecule has 0 fully saturated rings. The van der Waals surface area contributed by atoms with Gasteiger partial charge in [-0.25, -0.2) is 4.79 Å². The normalized spacial score (nSPS) is 14.1. The summed E-state index contributed by atoms with van der Waals surface area (Å²) in [5.74, 6) is 1.03. The molecule has 0 saturated heterocycles. The summed E-state index contributed by atoms with van der Waals surface area (Å²) in [5, 5.41) is 21.3. The number of esters is 1. The summed E-state index contributed by atoms with van der Waals surface area (Å²) in [7, 11) is 5.83. The first kappa shape index (κ1) is 44.3. The Morgan fingerprint density at radius 1 is 0.661 bits per heavy atom. The average Bonchev–Trinajstić information content (AvgIpc) is 3.57. The van der Waals surface area contributed by atoms with Crippen LogP contribution in [0.25, 0.3) is 11.4 Å². The average molecular weight is 862 g/mol. The van der Waals surface area contributed by atoms with Crippen molar-refractivity contribution in [2.75, 3.05) is 104 Å². The molecule has 1 spiro atoms. The van der Waals surface area contributed by atoms with Crippen LogP contribution in [0.5, 0.6) is 5.75 Å². The third-order valence-electron chi connectivity index (χ3n) is 11.1. The Bertz CT molecular complexity index is 2300. The third-order valence-corrected chi connectivity index (χ3v) is 14.6. The molecule has 0 saturated carbocycles. The minimum Gasteiger partial charge on any atom is -0.491 e. The fourth-order valence-corrected chi connectivity index (χ4v) is 11.0. The SMILES string of the molecule is Cc1nnc(-c2ccc(OCCOCCOCCOCCOCCNC(=O)c3ccc4c(c3)C3(OC4=O)c4ccc(N(C)C)cc4[Si](C)(C)c4cc(N(C)C)ccc43)cc2)nn1. The summed E-state index contributed by atoms with van der Waals surface area (Å²) < 4.78 is 34.8. The largest absolute Gasteiger partial charge is 0.491 e. The number of anilines is 2. The zero-order chi connectivity index (χ0) is 43.9. The first-order valence-electron chi connectivity index (χ1n) is 20.8. The minimum absolute atomic E-state index is 0.260. The predicted molar refractivity (Wildman–Crippen MR) is 239 cm³/mol. The van der Waals surface area contributed by atoms with Gasteiger partial charge in [0.2, 0.25) is 5.82 Å². The molecule has 326 valence electrons. The molecule has 7 rings (SSSR count). The fraction of sp³-hybridized carbons (Fsp3) is 0.391. The third kappa shape index (κ3) is 9.49. The second-order valence-electron chi connectivity index (χ2n) is 16.1. The van der Waals surface area contributed by atoms with Gasteiger partial charge in [-0.3, -0.25) is 4.79 Å². The minimum atomic E-state index is -2.29. The lowest BCUT2D eigenvalue weighted by atomic mass is 9.78. The van der Waals surface area contributed by atoms with Crippen LogP contribution in [0.4, 0.5) is 11.4 Å². The highest BCUT2D eigenvalue weighted by atomic mass is 28.3. The Morgan fingerprint density at radius 3 is 1.74 bits per heavy atom. The highest BCUT2D eigenvalue weighted by Crippen LogP contribution is 2.49. The summed E-state index contributed by atoms with van der Waals surface area (Å²) >= 11 is 0. The summed E-state index contributed by atoms with van der Waals surface area (Å²) in [4.78, 5) is 31.4. The number of carbonyl (C=O) groups is 2. The molecular weight excluding hydrogens is 807 g/mol. The van der Waals surface area contributed by atoms with E-state index in [0.29, 0.717) is 100 Å². The quantitative estimate of drug-likeness (QED) is 0.0684. The zero-order valence-electron chi connectivity index (χ0n) is 36.5. The maximum Gasteiger partial charge on any atom is 0.340 e. The lowest BCUT2D eigenvalue weighted by Crippen LogP contribution is -2.63. The van der Waals surface area contributed by atoms with Crippen molar-refractivity contribution in [2.45, 2.75) is 25.6 Å². The van der Waals surface area contributed by atoms with Crippen LogP contribution in [0.3, 0.4) is 0 Å². The highest BCUT2D eigenvalue weighted by molar-refractivity contribution is 7.01. The molecule has 0 aliphatic carbocycles. The second-order valence-corrected chi connectivity index (χ2v) is 20.4.